The van der Waals surface area contributed by atoms with Crippen molar-refractivity contribution in [3.63, 3.8) is 0 Å². The first-order chi connectivity index (χ1) is 9.20. The van der Waals surface area contributed by atoms with Crippen LogP contribution in [0.25, 0.3) is 11.5 Å². The molecule has 0 aliphatic rings. The monoisotopic (exact) mass is 263 g/mol. The Labute approximate surface area is 109 Å². The minimum Gasteiger partial charge on any atom is -0.494 e. The zero-order chi connectivity index (χ0) is 13.7. The van der Waals surface area contributed by atoms with E-state index in [0.29, 0.717) is 35.9 Å². The number of carboxylic acids is 1. The first-order valence-electron chi connectivity index (χ1n) is 5.73. The van der Waals surface area contributed by atoms with Crippen LogP contribution >= 0.6 is 0 Å². The summed E-state index contributed by atoms with van der Waals surface area (Å²) in [5, 5.41) is 16.4. The average Bonchev–Trinajstić information content (AvgIpc) is 2.87. The predicted octanol–water partition coefficient (Wildman–Crippen LogP) is 1.55. The summed E-state index contributed by atoms with van der Waals surface area (Å²) in [5.74, 6) is 0.457. The lowest BCUT2D eigenvalue weighted by molar-refractivity contribution is -0.137. The fraction of sp³-hybridized carbons (Fsp3) is 0.333. The Morgan fingerprint density at radius 2 is 2.32 bits per heavy atom. The number of carbonyl (C=O) groups is 1. The van der Waals surface area contributed by atoms with Gasteiger partial charge in [-0.3, -0.25) is 9.78 Å². The molecule has 0 aliphatic heterocycles. The molecule has 7 heteroatoms. The molecular formula is C12H13N3O4. The maximum atomic E-state index is 10.4. The second-order valence-electron chi connectivity index (χ2n) is 3.82. The van der Waals surface area contributed by atoms with Gasteiger partial charge in [0, 0.05) is 19.0 Å². The van der Waals surface area contributed by atoms with Gasteiger partial charge in [0.25, 0.3) is 5.89 Å². The Hall–Kier alpha value is -2.44. The van der Waals surface area contributed by atoms with E-state index in [1.54, 1.807) is 18.5 Å². The van der Waals surface area contributed by atoms with E-state index >= 15 is 0 Å². The highest BCUT2D eigenvalue weighted by atomic mass is 16.5. The van der Waals surface area contributed by atoms with Gasteiger partial charge in [-0.2, -0.15) is 0 Å². The van der Waals surface area contributed by atoms with Crippen molar-refractivity contribution < 1.29 is 19.1 Å². The van der Waals surface area contributed by atoms with Crippen LogP contribution in [-0.4, -0.2) is 33.4 Å². The quantitative estimate of drug-likeness (QED) is 0.844. The van der Waals surface area contributed by atoms with E-state index in [2.05, 4.69) is 15.2 Å². The van der Waals surface area contributed by atoms with Crippen LogP contribution in [-0.2, 0) is 11.2 Å². The van der Waals surface area contributed by atoms with Crippen molar-refractivity contribution in [3.05, 3.63) is 24.4 Å². The van der Waals surface area contributed by atoms with E-state index in [1.807, 2.05) is 0 Å². The van der Waals surface area contributed by atoms with Crippen molar-refractivity contribution in [2.24, 2.45) is 0 Å². The van der Waals surface area contributed by atoms with Crippen LogP contribution in [0.15, 0.2) is 22.9 Å². The van der Waals surface area contributed by atoms with Gasteiger partial charge in [0.2, 0.25) is 5.89 Å². The molecule has 0 bridgehead atoms. The Bertz CT molecular complexity index is 568. The van der Waals surface area contributed by atoms with Crippen LogP contribution in [0.2, 0.25) is 0 Å². The Morgan fingerprint density at radius 1 is 1.47 bits per heavy atom. The molecule has 2 aromatic heterocycles. The number of hydrogen-bond donors (Lipinski definition) is 1. The summed E-state index contributed by atoms with van der Waals surface area (Å²) in [6.07, 6.45) is 4.14. The molecule has 19 heavy (non-hydrogen) atoms. The smallest absolute Gasteiger partial charge is 0.303 e. The summed E-state index contributed by atoms with van der Waals surface area (Å²) in [5.41, 5.74) is 0.662. The summed E-state index contributed by atoms with van der Waals surface area (Å²) < 4.78 is 10.6. The third-order valence-electron chi connectivity index (χ3n) is 2.48. The normalized spacial score (nSPS) is 10.4. The molecule has 0 saturated heterocycles. The van der Waals surface area contributed by atoms with Crippen LogP contribution in [0.3, 0.4) is 0 Å². The molecule has 2 rings (SSSR count). The van der Waals surface area contributed by atoms with Crippen molar-refractivity contribution in [3.8, 4) is 17.2 Å². The lowest BCUT2D eigenvalue weighted by Crippen LogP contribution is -1.95. The number of methoxy groups -OCH3 is 1. The van der Waals surface area contributed by atoms with Crippen LogP contribution < -0.4 is 4.74 Å². The lowest BCUT2D eigenvalue weighted by Gasteiger charge is -2.02. The molecule has 0 aromatic carbocycles. The van der Waals surface area contributed by atoms with Gasteiger partial charge < -0.3 is 14.3 Å². The second kappa shape index (κ2) is 5.94. The summed E-state index contributed by atoms with van der Waals surface area (Å²) in [7, 11) is 1.53. The van der Waals surface area contributed by atoms with E-state index in [0.717, 1.165) is 0 Å². The van der Waals surface area contributed by atoms with E-state index in [-0.39, 0.29) is 6.42 Å². The summed E-state index contributed by atoms with van der Waals surface area (Å²) in [6, 6.07) is 1.72. The number of ether oxygens (including phenoxy) is 1. The van der Waals surface area contributed by atoms with Crippen LogP contribution in [0.5, 0.6) is 5.75 Å². The van der Waals surface area contributed by atoms with Gasteiger partial charge in [-0.15, -0.1) is 10.2 Å². The van der Waals surface area contributed by atoms with Gasteiger partial charge >= 0.3 is 5.97 Å². The van der Waals surface area contributed by atoms with Crippen molar-refractivity contribution >= 4 is 5.97 Å². The average molecular weight is 263 g/mol. The van der Waals surface area contributed by atoms with Crippen LogP contribution in [0, 0.1) is 0 Å². The Morgan fingerprint density at radius 3 is 3.05 bits per heavy atom. The zero-order valence-corrected chi connectivity index (χ0v) is 10.4. The molecule has 0 unspecified atom stereocenters. The predicted molar refractivity (Wildman–Crippen MR) is 64.7 cm³/mol. The highest BCUT2D eigenvalue weighted by molar-refractivity contribution is 5.66. The Kier molecular flexibility index (Phi) is 4.07. The number of nitrogens with zero attached hydrogens (tertiary/aromatic N) is 3. The molecule has 7 nitrogen and oxygen atoms in total. The third kappa shape index (κ3) is 3.27. The maximum absolute atomic E-state index is 10.4. The molecule has 2 heterocycles. The van der Waals surface area contributed by atoms with Crippen molar-refractivity contribution in [1.82, 2.24) is 15.2 Å². The Balaban J connectivity index is 2.10. The number of rotatable bonds is 6. The van der Waals surface area contributed by atoms with Gasteiger partial charge in [0.1, 0.15) is 5.75 Å². The van der Waals surface area contributed by atoms with Crippen molar-refractivity contribution in [2.45, 2.75) is 19.3 Å². The largest absolute Gasteiger partial charge is 0.494 e. The lowest BCUT2D eigenvalue weighted by atomic mass is 10.2. The van der Waals surface area contributed by atoms with Gasteiger partial charge in [0.05, 0.1) is 18.9 Å². The SMILES string of the molecule is COc1cnccc1-c1nnc(CCCC(=O)O)o1. The molecule has 2 aromatic rings. The molecule has 0 atom stereocenters. The molecule has 0 amide bonds. The van der Waals surface area contributed by atoms with E-state index in [4.69, 9.17) is 14.3 Å². The van der Waals surface area contributed by atoms with Crippen LogP contribution in [0.1, 0.15) is 18.7 Å². The molecule has 1 N–H and O–H groups in total. The summed E-state index contributed by atoms with van der Waals surface area (Å²) >= 11 is 0. The van der Waals surface area contributed by atoms with Crippen LogP contribution in [0.4, 0.5) is 0 Å². The minimum absolute atomic E-state index is 0.0797. The molecular weight excluding hydrogens is 250 g/mol. The highest BCUT2D eigenvalue weighted by Gasteiger charge is 2.13. The minimum atomic E-state index is -0.837. The molecule has 0 aliphatic carbocycles. The molecule has 0 fully saturated rings. The van der Waals surface area contributed by atoms with Crippen molar-refractivity contribution in [2.75, 3.05) is 7.11 Å². The topological polar surface area (TPSA) is 98.3 Å². The first-order valence-corrected chi connectivity index (χ1v) is 5.73. The number of pyridine rings is 1. The fourth-order valence-electron chi connectivity index (χ4n) is 1.57. The van der Waals surface area contributed by atoms with Gasteiger partial charge in [0.15, 0.2) is 0 Å². The van der Waals surface area contributed by atoms with Gasteiger partial charge in [-0.25, -0.2) is 0 Å². The number of aromatic nitrogens is 3. The maximum Gasteiger partial charge on any atom is 0.303 e. The molecule has 0 spiro atoms. The first kappa shape index (κ1) is 13.0. The standard InChI is InChI=1S/C12H13N3O4/c1-18-9-7-13-6-5-8(9)12-15-14-10(19-12)3-2-4-11(16)17/h5-7H,2-4H2,1H3,(H,16,17). The third-order valence-corrected chi connectivity index (χ3v) is 2.48. The van der Waals surface area contributed by atoms with Gasteiger partial charge in [-0.1, -0.05) is 0 Å². The highest BCUT2D eigenvalue weighted by Crippen LogP contribution is 2.27. The summed E-state index contributed by atoms with van der Waals surface area (Å²) in [4.78, 5) is 14.3. The zero-order valence-electron chi connectivity index (χ0n) is 10.4. The number of aliphatic carboxylic acids is 1. The molecule has 0 saturated carbocycles. The summed E-state index contributed by atoms with van der Waals surface area (Å²) in [6.45, 7) is 0. The second-order valence-corrected chi connectivity index (χ2v) is 3.82. The molecule has 100 valence electrons. The number of hydrogen-bond acceptors (Lipinski definition) is 6. The fourth-order valence-corrected chi connectivity index (χ4v) is 1.57. The number of aryl methyl sites for hydroxylation is 1. The van der Waals surface area contributed by atoms with E-state index in [1.165, 1.54) is 7.11 Å². The van der Waals surface area contributed by atoms with Crippen molar-refractivity contribution in [1.29, 1.82) is 0 Å². The molecule has 0 radical (unpaired) electrons. The number of carboxylic acid groups (broad SMARTS) is 1. The van der Waals surface area contributed by atoms with Gasteiger partial charge in [-0.05, 0) is 12.5 Å². The van der Waals surface area contributed by atoms with E-state index < -0.39 is 5.97 Å². The van der Waals surface area contributed by atoms with E-state index in [9.17, 15) is 4.79 Å².